The third-order valence-corrected chi connectivity index (χ3v) is 20.9. The van der Waals surface area contributed by atoms with Gasteiger partial charge in [0.25, 0.3) is 0 Å². The second kappa shape index (κ2) is 16.6. The van der Waals surface area contributed by atoms with E-state index in [1.165, 1.54) is 201 Å². The molecule has 13 rings (SSSR count). The molecule has 4 heterocycles. The molecule has 0 N–H and O–H groups in total. The Morgan fingerprint density at radius 3 is 1.00 bits per heavy atom. The van der Waals surface area contributed by atoms with Crippen molar-refractivity contribution in [1.29, 1.82) is 0 Å². The lowest BCUT2D eigenvalue weighted by Crippen LogP contribution is -2.62. The zero-order chi connectivity index (χ0) is 40.7. The van der Waals surface area contributed by atoms with E-state index in [0.29, 0.717) is 24.2 Å². The molecule has 4 saturated carbocycles. The van der Waals surface area contributed by atoms with Gasteiger partial charge in [-0.1, -0.05) is 188 Å². The van der Waals surface area contributed by atoms with E-state index in [1.807, 2.05) is 23.5 Å². The third kappa shape index (κ3) is 6.79. The predicted molar refractivity (Wildman–Crippen MR) is 270 cm³/mol. The fraction of sp³-hybridized carbons (Fsp3) is 0.444. The lowest BCUT2D eigenvalue weighted by atomic mass is 9.33. The highest BCUT2D eigenvalue weighted by Crippen LogP contribution is 2.47. The second-order valence-electron chi connectivity index (χ2n) is 20.0. The van der Waals surface area contributed by atoms with Crippen molar-refractivity contribution >= 4 is 105 Å². The summed E-state index contributed by atoms with van der Waals surface area (Å²) < 4.78 is 0. The monoisotopic (exact) mass is 884 g/mol. The van der Waals surface area contributed by atoms with Crippen LogP contribution in [0.2, 0.25) is 0 Å². The van der Waals surface area contributed by atoms with E-state index in [9.17, 15) is 0 Å². The molecule has 4 aliphatic heterocycles. The Balaban J connectivity index is 0.955. The Morgan fingerprint density at radius 1 is 0.323 bits per heavy atom. The number of nitrogens with zero attached hydrogens (tertiary/aromatic N) is 2. The van der Waals surface area contributed by atoms with Gasteiger partial charge in [-0.3, -0.25) is 0 Å². The van der Waals surface area contributed by atoms with Crippen molar-refractivity contribution in [1.82, 2.24) is 0 Å². The number of hydrogen-bond acceptors (Lipinski definition) is 6. The summed E-state index contributed by atoms with van der Waals surface area (Å²) in [6.45, 7) is 0.513. The molecule has 2 nitrogen and oxygen atoms in total. The van der Waals surface area contributed by atoms with Gasteiger partial charge in [0.1, 0.15) is 0 Å². The number of fused-ring (bicyclic) bond motifs is 8. The van der Waals surface area contributed by atoms with Crippen LogP contribution in [-0.4, -0.2) is 37.6 Å². The summed E-state index contributed by atoms with van der Waals surface area (Å²) in [5, 5.41) is 0. The molecule has 8 heteroatoms. The van der Waals surface area contributed by atoms with Crippen LogP contribution in [0.25, 0.3) is 0 Å². The highest BCUT2D eigenvalue weighted by Gasteiger charge is 2.44. The van der Waals surface area contributed by atoms with Gasteiger partial charge in [0, 0.05) is 74.7 Å². The SMILES string of the molecule is c1ccc2c(c1)Sc1cc(N(C3CCCCC3)C3CCCCC3)cc3c1B2c1cc2c(cc1S3)Sc1cc(N(C3CCCCC3)C3CCCCC3)cc3c1B2c1ccccc1S3. The van der Waals surface area contributed by atoms with E-state index in [4.69, 9.17) is 0 Å². The molecular formula is C54H58B2N2S4. The first-order valence-corrected chi connectivity index (χ1v) is 28.0. The summed E-state index contributed by atoms with van der Waals surface area (Å²) in [6.07, 6.45) is 27.6. The smallest absolute Gasteiger partial charge is 0.247 e. The van der Waals surface area contributed by atoms with Crippen molar-refractivity contribution in [3.8, 4) is 0 Å². The Labute approximate surface area is 388 Å². The topological polar surface area (TPSA) is 6.48 Å². The van der Waals surface area contributed by atoms with E-state index < -0.39 is 0 Å². The van der Waals surface area contributed by atoms with Crippen molar-refractivity contribution < 1.29 is 0 Å². The van der Waals surface area contributed by atoms with Crippen LogP contribution < -0.4 is 42.6 Å². The van der Waals surface area contributed by atoms with Crippen LogP contribution in [0.4, 0.5) is 11.4 Å². The average molecular weight is 885 g/mol. The molecule has 4 fully saturated rings. The normalized spacial score (nSPS) is 21.0. The lowest BCUT2D eigenvalue weighted by Gasteiger charge is -2.45. The highest BCUT2D eigenvalue weighted by molar-refractivity contribution is 8.02. The molecule has 0 radical (unpaired) electrons. The van der Waals surface area contributed by atoms with Gasteiger partial charge in [0.2, 0.25) is 13.4 Å². The van der Waals surface area contributed by atoms with Gasteiger partial charge in [0.15, 0.2) is 0 Å². The molecule has 0 spiro atoms. The van der Waals surface area contributed by atoms with Gasteiger partial charge in [0.05, 0.1) is 0 Å². The molecular weight excluding hydrogens is 826 g/mol. The van der Waals surface area contributed by atoms with Gasteiger partial charge in [-0.25, -0.2) is 0 Å². The van der Waals surface area contributed by atoms with Gasteiger partial charge < -0.3 is 9.80 Å². The summed E-state index contributed by atoms with van der Waals surface area (Å²) in [5.74, 6) is 0. The van der Waals surface area contributed by atoms with Crippen LogP contribution in [0.3, 0.4) is 0 Å². The summed E-state index contributed by atoms with van der Waals surface area (Å²) >= 11 is 8.29. The number of hydrogen-bond donors (Lipinski definition) is 0. The minimum absolute atomic E-state index is 0.256. The Hall–Kier alpha value is -2.77. The van der Waals surface area contributed by atoms with Crippen molar-refractivity contribution in [2.75, 3.05) is 9.80 Å². The van der Waals surface area contributed by atoms with E-state index in [2.05, 4.69) is 118 Å². The minimum Gasteiger partial charge on any atom is -0.366 e. The predicted octanol–water partition coefficient (Wildman–Crippen LogP) is 11.5. The van der Waals surface area contributed by atoms with E-state index >= 15 is 0 Å². The van der Waals surface area contributed by atoms with Crippen LogP contribution in [-0.2, 0) is 0 Å². The maximum absolute atomic E-state index is 2.98. The zero-order valence-corrected chi connectivity index (χ0v) is 39.5. The van der Waals surface area contributed by atoms with Crippen LogP contribution in [0, 0.1) is 0 Å². The molecule has 314 valence electrons. The molecule has 5 aromatic rings. The van der Waals surface area contributed by atoms with Crippen molar-refractivity contribution in [2.45, 2.75) is 192 Å². The molecule has 5 aromatic carbocycles. The molecule has 0 unspecified atom stereocenters. The minimum atomic E-state index is 0.256. The molecule has 0 bridgehead atoms. The Kier molecular flexibility index (Phi) is 10.6. The van der Waals surface area contributed by atoms with Gasteiger partial charge in [-0.2, -0.15) is 0 Å². The molecule has 62 heavy (non-hydrogen) atoms. The molecule has 4 aliphatic carbocycles. The Morgan fingerprint density at radius 2 is 0.645 bits per heavy atom. The van der Waals surface area contributed by atoms with Crippen LogP contribution in [0.5, 0.6) is 0 Å². The maximum atomic E-state index is 2.98. The van der Waals surface area contributed by atoms with Crippen molar-refractivity contribution in [3.05, 3.63) is 84.9 Å². The first-order valence-electron chi connectivity index (χ1n) is 24.7. The van der Waals surface area contributed by atoms with Crippen LogP contribution in [0.1, 0.15) is 128 Å². The standard InChI is InChI=1S/C54H58B2N2S4/c1-5-17-35(18-6-1)57(36-19-7-2-8-20-36)39-29-49-53-51(31-39)61-47-34-48-44(33-43(47)55(53)41-25-13-15-27-45(41)59-49)56-42-26-14-16-28-46(42)60-50-30-40(32-52(62-48)54(50)56)58(37-21-9-3-10-22-37)38-23-11-4-12-24-38/h13-16,25-38H,1-12,17-24H2. The summed E-state index contributed by atoms with van der Waals surface area (Å²) in [4.78, 5) is 17.8. The quantitative estimate of drug-likeness (QED) is 0.152. The first kappa shape index (κ1) is 39.6. The molecule has 0 amide bonds. The van der Waals surface area contributed by atoms with E-state index in [-0.39, 0.29) is 13.4 Å². The highest BCUT2D eigenvalue weighted by atomic mass is 32.2. The van der Waals surface area contributed by atoms with E-state index in [0.717, 1.165) is 0 Å². The second-order valence-corrected chi connectivity index (χ2v) is 24.3. The molecule has 0 aromatic heterocycles. The molecule has 0 saturated heterocycles. The fourth-order valence-electron chi connectivity index (χ4n) is 13.5. The van der Waals surface area contributed by atoms with Crippen molar-refractivity contribution in [2.24, 2.45) is 0 Å². The summed E-state index contributed by atoms with van der Waals surface area (Å²) in [6, 6.07) is 37.6. The van der Waals surface area contributed by atoms with Gasteiger partial charge in [-0.15, -0.1) is 0 Å². The van der Waals surface area contributed by atoms with E-state index in [1.54, 1.807) is 10.9 Å². The maximum Gasteiger partial charge on any atom is 0.247 e. The van der Waals surface area contributed by atoms with Crippen LogP contribution >= 0.6 is 47.0 Å². The first-order chi connectivity index (χ1) is 30.7. The lowest BCUT2D eigenvalue weighted by molar-refractivity contribution is 0.339. The third-order valence-electron chi connectivity index (χ3n) is 16.3. The van der Waals surface area contributed by atoms with Gasteiger partial charge in [-0.05, 0) is 105 Å². The molecule has 0 atom stereocenters. The number of anilines is 2. The average Bonchev–Trinajstić information content (AvgIpc) is 3.32. The summed E-state index contributed by atoms with van der Waals surface area (Å²) in [7, 11) is 0. The zero-order valence-electron chi connectivity index (χ0n) is 36.2. The molecule has 8 aliphatic rings. The van der Waals surface area contributed by atoms with Gasteiger partial charge >= 0.3 is 0 Å². The fourth-order valence-corrected chi connectivity index (χ4v) is 18.6. The number of rotatable bonds is 6. The largest absolute Gasteiger partial charge is 0.366 e. The summed E-state index contributed by atoms with van der Waals surface area (Å²) in [5.41, 5.74) is 12.2. The van der Waals surface area contributed by atoms with Crippen molar-refractivity contribution in [3.63, 3.8) is 0 Å². The van der Waals surface area contributed by atoms with Crippen LogP contribution in [0.15, 0.2) is 124 Å². The number of benzene rings is 5. The Bertz CT molecular complexity index is 2330.